The summed E-state index contributed by atoms with van der Waals surface area (Å²) >= 11 is 3.49. The molecule has 0 fully saturated rings. The van der Waals surface area contributed by atoms with E-state index in [-0.39, 0.29) is 0 Å². The maximum atomic E-state index is 5.68. The monoisotopic (exact) mass is 271 g/mol. The normalized spacial score (nSPS) is 12.5. The average molecular weight is 272 g/mol. The van der Waals surface area contributed by atoms with Gasteiger partial charge in [0.1, 0.15) is 5.82 Å². The van der Waals surface area contributed by atoms with Gasteiger partial charge in [0.25, 0.3) is 0 Å². The Bertz CT molecular complexity index is 315. The fraction of sp³-hybridized carbons (Fsp3) is 0.545. The van der Waals surface area contributed by atoms with Crippen LogP contribution >= 0.6 is 15.9 Å². The van der Waals surface area contributed by atoms with E-state index in [2.05, 4.69) is 39.2 Å². The Labute approximate surface area is 99.6 Å². The lowest BCUT2D eigenvalue weighted by Gasteiger charge is -2.17. The Morgan fingerprint density at radius 1 is 1.60 bits per heavy atom. The maximum absolute atomic E-state index is 5.68. The highest BCUT2D eigenvalue weighted by Crippen LogP contribution is 2.21. The second kappa shape index (κ2) is 6.08. The van der Waals surface area contributed by atoms with E-state index in [1.54, 1.807) is 0 Å². The van der Waals surface area contributed by atoms with E-state index in [1.165, 1.54) is 0 Å². The molecule has 1 aromatic rings. The molecule has 4 heteroatoms. The molecule has 0 radical (unpaired) electrons. The van der Waals surface area contributed by atoms with Gasteiger partial charge in [0.15, 0.2) is 0 Å². The van der Waals surface area contributed by atoms with Crippen molar-refractivity contribution in [2.45, 2.75) is 32.7 Å². The Hall–Kier alpha value is -0.610. The summed E-state index contributed by atoms with van der Waals surface area (Å²) in [5.41, 5.74) is 6.83. The molecule has 0 saturated heterocycles. The summed E-state index contributed by atoms with van der Waals surface area (Å²) in [6, 6.07) is 2.36. The minimum Gasteiger partial charge on any atom is -0.365 e. The van der Waals surface area contributed by atoms with Gasteiger partial charge in [-0.05, 0) is 40.9 Å². The first-order valence-electron chi connectivity index (χ1n) is 5.26. The molecule has 0 amide bonds. The van der Waals surface area contributed by atoms with Crippen molar-refractivity contribution in [1.29, 1.82) is 0 Å². The second-order valence-corrected chi connectivity index (χ2v) is 4.56. The molecule has 1 atom stereocenters. The van der Waals surface area contributed by atoms with Gasteiger partial charge in [-0.2, -0.15) is 0 Å². The van der Waals surface area contributed by atoms with Crippen LogP contribution in [0.25, 0.3) is 0 Å². The second-order valence-electron chi connectivity index (χ2n) is 3.71. The molecule has 84 valence electrons. The zero-order valence-corrected chi connectivity index (χ0v) is 10.8. The van der Waals surface area contributed by atoms with Crippen LogP contribution in [0.4, 0.5) is 5.82 Å². The summed E-state index contributed by atoms with van der Waals surface area (Å²) in [6.07, 6.45) is 4.05. The standard InChI is InChI=1S/C11H18BrN3/c1-3-4-9(6-13)15-11-10(12)5-8(2)7-14-11/h5,7,9H,3-4,6,13H2,1-2H3,(H,14,15). The minimum atomic E-state index is 0.307. The number of aromatic nitrogens is 1. The molecule has 0 spiro atoms. The average Bonchev–Trinajstić information content (AvgIpc) is 2.21. The number of nitrogens with one attached hydrogen (secondary N) is 1. The van der Waals surface area contributed by atoms with E-state index in [4.69, 9.17) is 5.73 Å². The summed E-state index contributed by atoms with van der Waals surface area (Å²) in [6.45, 7) is 4.81. The van der Waals surface area contributed by atoms with Gasteiger partial charge in [0.05, 0.1) is 4.47 Å². The molecule has 0 aliphatic heterocycles. The molecule has 0 aliphatic rings. The third-order valence-electron chi connectivity index (χ3n) is 2.24. The summed E-state index contributed by atoms with van der Waals surface area (Å²) in [5.74, 6) is 0.879. The van der Waals surface area contributed by atoms with E-state index in [1.807, 2.05) is 13.1 Å². The van der Waals surface area contributed by atoms with Crippen LogP contribution in [0, 0.1) is 6.92 Å². The Kier molecular flexibility index (Phi) is 5.05. The molecule has 0 aliphatic carbocycles. The van der Waals surface area contributed by atoms with Crippen molar-refractivity contribution in [3.63, 3.8) is 0 Å². The van der Waals surface area contributed by atoms with Crippen LogP contribution in [0.15, 0.2) is 16.7 Å². The van der Waals surface area contributed by atoms with Gasteiger partial charge in [-0.15, -0.1) is 0 Å². The van der Waals surface area contributed by atoms with E-state index in [9.17, 15) is 0 Å². The highest BCUT2D eigenvalue weighted by Gasteiger charge is 2.08. The summed E-state index contributed by atoms with van der Waals surface area (Å²) < 4.78 is 0.997. The van der Waals surface area contributed by atoms with Crippen molar-refractivity contribution < 1.29 is 0 Å². The van der Waals surface area contributed by atoms with Gasteiger partial charge in [-0.1, -0.05) is 13.3 Å². The fourth-order valence-electron chi connectivity index (χ4n) is 1.43. The Morgan fingerprint density at radius 2 is 2.33 bits per heavy atom. The van der Waals surface area contributed by atoms with Crippen molar-refractivity contribution in [3.8, 4) is 0 Å². The van der Waals surface area contributed by atoms with Gasteiger partial charge in [-0.3, -0.25) is 0 Å². The first-order valence-corrected chi connectivity index (χ1v) is 6.05. The van der Waals surface area contributed by atoms with Crippen molar-refractivity contribution in [2.75, 3.05) is 11.9 Å². The van der Waals surface area contributed by atoms with Gasteiger partial charge in [0, 0.05) is 18.8 Å². The highest BCUT2D eigenvalue weighted by atomic mass is 79.9. The molecule has 3 nitrogen and oxygen atoms in total. The molecule has 1 aromatic heterocycles. The molecular weight excluding hydrogens is 254 g/mol. The largest absolute Gasteiger partial charge is 0.365 e. The lowest BCUT2D eigenvalue weighted by atomic mass is 10.1. The minimum absolute atomic E-state index is 0.307. The zero-order valence-electron chi connectivity index (χ0n) is 9.26. The lowest BCUT2D eigenvalue weighted by molar-refractivity contribution is 0.645. The van der Waals surface area contributed by atoms with E-state index in [0.29, 0.717) is 12.6 Å². The van der Waals surface area contributed by atoms with Crippen LogP contribution in [0.2, 0.25) is 0 Å². The summed E-state index contributed by atoms with van der Waals surface area (Å²) in [5, 5.41) is 3.34. The van der Waals surface area contributed by atoms with Crippen molar-refractivity contribution in [1.82, 2.24) is 4.98 Å². The van der Waals surface area contributed by atoms with Crippen molar-refractivity contribution >= 4 is 21.7 Å². The number of anilines is 1. The first kappa shape index (κ1) is 12.5. The number of nitrogens with zero attached hydrogens (tertiary/aromatic N) is 1. The van der Waals surface area contributed by atoms with Gasteiger partial charge in [0.2, 0.25) is 0 Å². The van der Waals surface area contributed by atoms with E-state index in [0.717, 1.165) is 28.7 Å². The predicted octanol–water partition coefficient (Wildman–Crippen LogP) is 2.69. The van der Waals surface area contributed by atoms with Crippen LogP contribution in [0.3, 0.4) is 0 Å². The molecular formula is C11H18BrN3. The van der Waals surface area contributed by atoms with Crippen LogP contribution < -0.4 is 11.1 Å². The third-order valence-corrected chi connectivity index (χ3v) is 2.84. The topological polar surface area (TPSA) is 50.9 Å². The Balaban J connectivity index is 2.70. The first-order chi connectivity index (χ1) is 7.17. The maximum Gasteiger partial charge on any atom is 0.140 e. The van der Waals surface area contributed by atoms with Gasteiger partial charge < -0.3 is 11.1 Å². The molecule has 0 saturated carbocycles. The highest BCUT2D eigenvalue weighted by molar-refractivity contribution is 9.10. The van der Waals surface area contributed by atoms with E-state index >= 15 is 0 Å². The van der Waals surface area contributed by atoms with Crippen LogP contribution in [0.1, 0.15) is 25.3 Å². The number of hydrogen-bond donors (Lipinski definition) is 2. The smallest absolute Gasteiger partial charge is 0.140 e. The van der Waals surface area contributed by atoms with Crippen LogP contribution in [0.5, 0.6) is 0 Å². The van der Waals surface area contributed by atoms with Crippen molar-refractivity contribution in [2.24, 2.45) is 5.73 Å². The fourth-order valence-corrected chi connectivity index (χ4v) is 2.01. The van der Waals surface area contributed by atoms with Gasteiger partial charge in [-0.25, -0.2) is 4.98 Å². The van der Waals surface area contributed by atoms with Gasteiger partial charge >= 0.3 is 0 Å². The van der Waals surface area contributed by atoms with E-state index < -0.39 is 0 Å². The SMILES string of the molecule is CCCC(CN)Nc1ncc(C)cc1Br. The lowest BCUT2D eigenvalue weighted by Crippen LogP contribution is -2.29. The zero-order chi connectivity index (χ0) is 11.3. The molecule has 1 heterocycles. The quantitative estimate of drug-likeness (QED) is 0.866. The Morgan fingerprint density at radius 3 is 2.87 bits per heavy atom. The summed E-state index contributed by atoms with van der Waals surface area (Å²) in [4.78, 5) is 4.33. The third kappa shape index (κ3) is 3.80. The molecule has 15 heavy (non-hydrogen) atoms. The number of halogens is 1. The van der Waals surface area contributed by atoms with Crippen LogP contribution in [-0.4, -0.2) is 17.6 Å². The summed E-state index contributed by atoms with van der Waals surface area (Å²) in [7, 11) is 0. The molecule has 3 N–H and O–H groups in total. The number of rotatable bonds is 5. The number of hydrogen-bond acceptors (Lipinski definition) is 3. The molecule has 1 rings (SSSR count). The molecule has 1 unspecified atom stereocenters. The van der Waals surface area contributed by atoms with Crippen LogP contribution in [-0.2, 0) is 0 Å². The van der Waals surface area contributed by atoms with Crippen molar-refractivity contribution in [3.05, 3.63) is 22.3 Å². The predicted molar refractivity (Wildman–Crippen MR) is 68.0 cm³/mol. The number of pyridine rings is 1. The number of nitrogens with two attached hydrogens (primary N) is 1. The molecule has 0 bridgehead atoms. The molecule has 0 aromatic carbocycles. The number of aryl methyl sites for hydroxylation is 1.